The molecule has 0 aliphatic carbocycles. The fourth-order valence-electron chi connectivity index (χ4n) is 1.60. The molecule has 0 saturated carbocycles. The number of rotatable bonds is 0. The average molecular weight is 188 g/mol. The van der Waals surface area contributed by atoms with Crippen LogP contribution >= 0.6 is 0 Å². The summed E-state index contributed by atoms with van der Waals surface area (Å²) in [5.74, 6) is 1.01. The zero-order valence-corrected chi connectivity index (χ0v) is 9.00. The van der Waals surface area contributed by atoms with E-state index in [1.54, 1.807) is 6.26 Å². The van der Waals surface area contributed by atoms with Crippen molar-refractivity contribution in [3.63, 3.8) is 0 Å². The van der Waals surface area contributed by atoms with Crippen LogP contribution in [0.3, 0.4) is 0 Å². The van der Waals surface area contributed by atoms with Gasteiger partial charge in [0.05, 0.1) is 6.26 Å². The lowest BCUT2D eigenvalue weighted by atomic mass is 9.86. The van der Waals surface area contributed by atoms with E-state index in [9.17, 15) is 0 Å². The molecule has 1 aromatic carbocycles. The number of benzene rings is 1. The molecule has 0 radical (unpaired) electrons. The summed E-state index contributed by atoms with van der Waals surface area (Å²) in [5.41, 5.74) is 2.80. The molecule has 1 aliphatic rings. The van der Waals surface area contributed by atoms with Gasteiger partial charge in [0, 0.05) is 0 Å². The van der Waals surface area contributed by atoms with Crippen molar-refractivity contribution in [3.05, 3.63) is 41.7 Å². The quantitative estimate of drug-likeness (QED) is 0.606. The van der Waals surface area contributed by atoms with Crippen LogP contribution < -0.4 is 4.74 Å². The fourth-order valence-corrected chi connectivity index (χ4v) is 1.60. The van der Waals surface area contributed by atoms with Crippen molar-refractivity contribution >= 4 is 0 Å². The average Bonchev–Trinajstić information content (AvgIpc) is 2.16. The second-order valence-electron chi connectivity index (χ2n) is 4.77. The van der Waals surface area contributed by atoms with Crippen LogP contribution in [0.4, 0.5) is 0 Å². The highest BCUT2D eigenvalue weighted by molar-refractivity contribution is 5.42. The molecule has 0 fully saturated rings. The monoisotopic (exact) mass is 188 g/mol. The summed E-state index contributed by atoms with van der Waals surface area (Å²) < 4.78 is 5.48. The van der Waals surface area contributed by atoms with E-state index in [1.807, 2.05) is 6.08 Å². The van der Waals surface area contributed by atoms with Crippen molar-refractivity contribution < 1.29 is 4.74 Å². The predicted molar refractivity (Wildman–Crippen MR) is 58.6 cm³/mol. The first kappa shape index (κ1) is 9.32. The van der Waals surface area contributed by atoms with Crippen LogP contribution in [0, 0.1) is 0 Å². The Hall–Kier alpha value is -1.24. The van der Waals surface area contributed by atoms with Crippen LogP contribution in [-0.2, 0) is 11.8 Å². The lowest BCUT2D eigenvalue weighted by Gasteiger charge is -2.21. The molecule has 1 nitrogen and oxygen atoms in total. The molecule has 74 valence electrons. The van der Waals surface area contributed by atoms with Crippen molar-refractivity contribution in [2.24, 2.45) is 0 Å². The Kier molecular flexibility index (Phi) is 2.10. The highest BCUT2D eigenvalue weighted by Gasteiger charge is 2.16. The van der Waals surface area contributed by atoms with E-state index in [-0.39, 0.29) is 5.41 Å². The van der Waals surface area contributed by atoms with Crippen LogP contribution in [0.2, 0.25) is 0 Å². The predicted octanol–water partition coefficient (Wildman–Crippen LogP) is 3.43. The minimum Gasteiger partial charge on any atom is -0.465 e. The number of hydrogen-bond acceptors (Lipinski definition) is 1. The van der Waals surface area contributed by atoms with Crippen LogP contribution in [-0.4, -0.2) is 0 Å². The van der Waals surface area contributed by atoms with Crippen molar-refractivity contribution in [2.45, 2.75) is 32.6 Å². The summed E-state index contributed by atoms with van der Waals surface area (Å²) in [6.45, 7) is 6.65. The van der Waals surface area contributed by atoms with E-state index in [2.05, 4.69) is 39.0 Å². The number of ether oxygens (including phenoxy) is 1. The maximum absolute atomic E-state index is 5.48. The van der Waals surface area contributed by atoms with E-state index in [1.165, 1.54) is 11.1 Å². The Morgan fingerprint density at radius 1 is 1.21 bits per heavy atom. The highest BCUT2D eigenvalue weighted by atomic mass is 16.5. The summed E-state index contributed by atoms with van der Waals surface area (Å²) in [6.07, 6.45) is 4.80. The molecule has 0 bridgehead atoms. The van der Waals surface area contributed by atoms with Gasteiger partial charge < -0.3 is 4.74 Å². The SMILES string of the molecule is CC(C)(C)c1ccc2c(c1)OC=CC2. The highest BCUT2D eigenvalue weighted by Crippen LogP contribution is 2.30. The molecule has 0 amide bonds. The first-order valence-electron chi connectivity index (χ1n) is 5.02. The lowest BCUT2D eigenvalue weighted by Crippen LogP contribution is -2.11. The summed E-state index contributed by atoms with van der Waals surface area (Å²) in [5, 5.41) is 0. The molecule has 0 spiro atoms. The molecule has 1 aliphatic heterocycles. The summed E-state index contributed by atoms with van der Waals surface area (Å²) in [7, 11) is 0. The third-order valence-electron chi connectivity index (χ3n) is 2.56. The van der Waals surface area contributed by atoms with Crippen LogP contribution in [0.15, 0.2) is 30.5 Å². The van der Waals surface area contributed by atoms with Gasteiger partial charge in [-0.2, -0.15) is 0 Å². The van der Waals surface area contributed by atoms with E-state index in [0.717, 1.165) is 12.2 Å². The van der Waals surface area contributed by atoms with Crippen LogP contribution in [0.25, 0.3) is 0 Å². The molecule has 0 N–H and O–H groups in total. The summed E-state index contributed by atoms with van der Waals surface area (Å²) >= 11 is 0. The van der Waals surface area contributed by atoms with Crippen LogP contribution in [0.1, 0.15) is 31.9 Å². The lowest BCUT2D eigenvalue weighted by molar-refractivity contribution is 0.461. The second kappa shape index (κ2) is 3.16. The van der Waals surface area contributed by atoms with Gasteiger partial charge in [0.1, 0.15) is 5.75 Å². The Balaban J connectivity index is 2.41. The van der Waals surface area contributed by atoms with Gasteiger partial charge in [-0.1, -0.05) is 32.9 Å². The molecule has 14 heavy (non-hydrogen) atoms. The zero-order valence-electron chi connectivity index (χ0n) is 9.00. The minimum atomic E-state index is 0.194. The summed E-state index contributed by atoms with van der Waals surface area (Å²) in [4.78, 5) is 0. The van der Waals surface area contributed by atoms with E-state index < -0.39 is 0 Å². The van der Waals surface area contributed by atoms with Gasteiger partial charge in [0.25, 0.3) is 0 Å². The van der Waals surface area contributed by atoms with Crippen molar-refractivity contribution in [1.29, 1.82) is 0 Å². The molecule has 2 rings (SSSR count). The van der Waals surface area contributed by atoms with E-state index in [0.29, 0.717) is 0 Å². The molecule has 1 heterocycles. The topological polar surface area (TPSA) is 9.23 Å². The van der Waals surface area contributed by atoms with E-state index in [4.69, 9.17) is 4.74 Å². The number of allylic oxidation sites excluding steroid dienone is 1. The Morgan fingerprint density at radius 2 is 2.00 bits per heavy atom. The normalized spacial score (nSPS) is 14.8. The molecule has 0 unspecified atom stereocenters. The van der Waals surface area contributed by atoms with Gasteiger partial charge in [0.15, 0.2) is 0 Å². The van der Waals surface area contributed by atoms with Gasteiger partial charge in [-0.3, -0.25) is 0 Å². The molecule has 0 saturated heterocycles. The Bertz CT molecular complexity index is 369. The zero-order chi connectivity index (χ0) is 10.2. The van der Waals surface area contributed by atoms with Gasteiger partial charge in [-0.15, -0.1) is 0 Å². The van der Waals surface area contributed by atoms with Crippen molar-refractivity contribution in [3.8, 4) is 5.75 Å². The molecule has 1 aromatic rings. The number of fused-ring (bicyclic) bond motifs is 1. The molecule has 1 heteroatoms. The molecular formula is C13H16O. The van der Waals surface area contributed by atoms with Crippen LogP contribution in [0.5, 0.6) is 5.75 Å². The molecular weight excluding hydrogens is 172 g/mol. The van der Waals surface area contributed by atoms with Crippen molar-refractivity contribution in [1.82, 2.24) is 0 Å². The Labute approximate surface area is 85.4 Å². The van der Waals surface area contributed by atoms with E-state index >= 15 is 0 Å². The first-order chi connectivity index (χ1) is 6.57. The fraction of sp³-hybridized carbons (Fsp3) is 0.385. The standard InChI is InChI=1S/C13H16O/c1-13(2,3)11-7-6-10-5-4-8-14-12(10)9-11/h4,6-9H,5H2,1-3H3. The minimum absolute atomic E-state index is 0.194. The maximum Gasteiger partial charge on any atom is 0.130 e. The largest absolute Gasteiger partial charge is 0.465 e. The van der Waals surface area contributed by atoms with Gasteiger partial charge in [-0.25, -0.2) is 0 Å². The second-order valence-corrected chi connectivity index (χ2v) is 4.77. The third kappa shape index (κ3) is 1.67. The molecule has 0 aromatic heterocycles. The molecule has 0 atom stereocenters. The van der Waals surface area contributed by atoms with Crippen molar-refractivity contribution in [2.75, 3.05) is 0 Å². The summed E-state index contributed by atoms with van der Waals surface area (Å²) in [6, 6.07) is 6.51. The van der Waals surface area contributed by atoms with Gasteiger partial charge >= 0.3 is 0 Å². The third-order valence-corrected chi connectivity index (χ3v) is 2.56. The smallest absolute Gasteiger partial charge is 0.130 e. The van der Waals surface area contributed by atoms with Gasteiger partial charge in [0.2, 0.25) is 0 Å². The van der Waals surface area contributed by atoms with Gasteiger partial charge in [-0.05, 0) is 35.1 Å². The Morgan fingerprint density at radius 3 is 2.71 bits per heavy atom. The first-order valence-corrected chi connectivity index (χ1v) is 5.02. The maximum atomic E-state index is 5.48. The number of hydrogen-bond donors (Lipinski definition) is 0.